The van der Waals surface area contributed by atoms with Gasteiger partial charge in [0.15, 0.2) is 11.5 Å². The molecule has 1 saturated carbocycles. The molecular weight excluding hydrogens is 366 g/mol. The van der Waals surface area contributed by atoms with Gasteiger partial charge in [-0.15, -0.1) is 0 Å². The highest BCUT2D eigenvalue weighted by Gasteiger charge is 2.33. The van der Waals surface area contributed by atoms with E-state index in [-0.39, 0.29) is 11.8 Å². The van der Waals surface area contributed by atoms with Crippen LogP contribution in [0.25, 0.3) is 5.52 Å². The largest absolute Gasteiger partial charge is 0.486 e. The number of hydrogen-bond donors (Lipinski definition) is 1. The molecule has 1 aromatic carbocycles. The van der Waals surface area contributed by atoms with Gasteiger partial charge in [-0.2, -0.15) is 0 Å². The van der Waals surface area contributed by atoms with Crippen molar-refractivity contribution in [1.82, 2.24) is 14.7 Å². The van der Waals surface area contributed by atoms with Gasteiger partial charge in [0.25, 0.3) is 0 Å². The Bertz CT molecular complexity index is 1020. The number of imidazole rings is 1. The Kier molecular flexibility index (Phi) is 4.84. The molecule has 3 aromatic rings. The van der Waals surface area contributed by atoms with Gasteiger partial charge in [-0.05, 0) is 48.6 Å². The van der Waals surface area contributed by atoms with E-state index in [0.29, 0.717) is 25.7 Å². The van der Waals surface area contributed by atoms with Crippen LogP contribution in [-0.4, -0.2) is 28.5 Å². The summed E-state index contributed by atoms with van der Waals surface area (Å²) in [5.41, 5.74) is 2.03. The molecule has 0 saturated heterocycles. The molecule has 1 amide bonds. The summed E-state index contributed by atoms with van der Waals surface area (Å²) in [6.07, 6.45) is 8.33. The molecule has 2 aromatic heterocycles. The van der Waals surface area contributed by atoms with E-state index in [1.807, 2.05) is 53.2 Å². The Balaban J connectivity index is 1.38. The third kappa shape index (κ3) is 3.55. The summed E-state index contributed by atoms with van der Waals surface area (Å²) in [6.45, 7) is 1.52. The molecule has 150 valence electrons. The predicted molar refractivity (Wildman–Crippen MR) is 109 cm³/mol. The van der Waals surface area contributed by atoms with E-state index in [1.54, 1.807) is 0 Å². The molecule has 1 aliphatic carbocycles. The Hall–Kier alpha value is -3.02. The third-order valence-electron chi connectivity index (χ3n) is 6.02. The molecule has 1 atom stereocenters. The minimum Gasteiger partial charge on any atom is -0.486 e. The number of fused-ring (bicyclic) bond motifs is 2. The van der Waals surface area contributed by atoms with Gasteiger partial charge < -0.3 is 19.2 Å². The number of pyridine rings is 1. The van der Waals surface area contributed by atoms with Gasteiger partial charge in [-0.1, -0.05) is 25.0 Å². The summed E-state index contributed by atoms with van der Waals surface area (Å²) < 4.78 is 13.4. The number of ether oxygens (including phenoxy) is 2. The molecule has 6 heteroatoms. The molecule has 1 fully saturated rings. The second-order valence-electron chi connectivity index (χ2n) is 7.81. The monoisotopic (exact) mass is 391 g/mol. The summed E-state index contributed by atoms with van der Waals surface area (Å²) in [5.74, 6) is 2.56. The highest BCUT2D eigenvalue weighted by molar-refractivity contribution is 5.84. The Morgan fingerprint density at radius 2 is 1.97 bits per heavy atom. The quantitative estimate of drug-likeness (QED) is 0.720. The fraction of sp³-hybridized carbons (Fsp3) is 0.391. The Morgan fingerprint density at radius 3 is 2.83 bits per heavy atom. The zero-order valence-electron chi connectivity index (χ0n) is 16.3. The fourth-order valence-corrected chi connectivity index (χ4v) is 4.59. The first-order chi connectivity index (χ1) is 14.3. The van der Waals surface area contributed by atoms with Crippen molar-refractivity contribution in [2.75, 3.05) is 13.2 Å². The maximum atomic E-state index is 13.3. The first kappa shape index (κ1) is 18.0. The molecule has 1 unspecified atom stereocenters. The first-order valence-corrected chi connectivity index (χ1v) is 10.4. The Labute approximate surface area is 169 Å². The summed E-state index contributed by atoms with van der Waals surface area (Å²) in [4.78, 5) is 17.8. The van der Waals surface area contributed by atoms with Crippen molar-refractivity contribution in [1.29, 1.82) is 0 Å². The molecular formula is C23H25N3O3. The van der Waals surface area contributed by atoms with Gasteiger partial charge in [0, 0.05) is 6.20 Å². The first-order valence-electron chi connectivity index (χ1n) is 10.4. The summed E-state index contributed by atoms with van der Waals surface area (Å²) in [6, 6.07) is 11.9. The van der Waals surface area contributed by atoms with Crippen molar-refractivity contribution in [2.45, 2.75) is 38.1 Å². The molecule has 1 N–H and O–H groups in total. The van der Waals surface area contributed by atoms with E-state index in [9.17, 15) is 4.79 Å². The van der Waals surface area contributed by atoms with Crippen LogP contribution in [0.3, 0.4) is 0 Å². The summed E-state index contributed by atoms with van der Waals surface area (Å²) in [7, 11) is 0. The highest BCUT2D eigenvalue weighted by atomic mass is 16.6. The maximum absolute atomic E-state index is 13.3. The number of amides is 1. The van der Waals surface area contributed by atoms with Crippen LogP contribution < -0.4 is 14.8 Å². The smallest absolute Gasteiger partial charge is 0.228 e. The highest BCUT2D eigenvalue weighted by Crippen LogP contribution is 2.40. The number of carbonyl (C=O) groups excluding carboxylic acids is 1. The molecule has 0 radical (unpaired) electrons. The van der Waals surface area contributed by atoms with Gasteiger partial charge in [-0.25, -0.2) is 4.98 Å². The number of benzene rings is 1. The molecule has 2 aliphatic rings. The lowest BCUT2D eigenvalue weighted by atomic mass is 9.84. The van der Waals surface area contributed by atoms with Crippen molar-refractivity contribution in [3.8, 4) is 11.5 Å². The van der Waals surface area contributed by atoms with E-state index in [1.165, 1.54) is 12.8 Å². The lowest BCUT2D eigenvalue weighted by Gasteiger charge is -2.25. The molecule has 1 aliphatic heterocycles. The average Bonchev–Trinajstić information content (AvgIpc) is 3.43. The van der Waals surface area contributed by atoms with Crippen LogP contribution in [0.15, 0.2) is 48.8 Å². The number of aromatic nitrogens is 2. The zero-order valence-corrected chi connectivity index (χ0v) is 16.3. The summed E-state index contributed by atoms with van der Waals surface area (Å²) in [5, 5.41) is 3.14. The van der Waals surface area contributed by atoms with Gasteiger partial charge in [-0.3, -0.25) is 4.79 Å². The second-order valence-corrected chi connectivity index (χ2v) is 7.81. The van der Waals surface area contributed by atoms with E-state index in [0.717, 1.165) is 41.2 Å². The lowest BCUT2D eigenvalue weighted by molar-refractivity contribution is -0.124. The normalized spacial score (nSPS) is 17.4. The van der Waals surface area contributed by atoms with Crippen LogP contribution in [0.5, 0.6) is 11.5 Å². The summed E-state index contributed by atoms with van der Waals surface area (Å²) >= 11 is 0. The average molecular weight is 391 g/mol. The molecule has 29 heavy (non-hydrogen) atoms. The molecule has 6 nitrogen and oxygen atoms in total. The van der Waals surface area contributed by atoms with Crippen LogP contribution in [0.1, 0.15) is 43.0 Å². The van der Waals surface area contributed by atoms with E-state index in [2.05, 4.69) is 10.3 Å². The fourth-order valence-electron chi connectivity index (χ4n) is 4.59. The van der Waals surface area contributed by atoms with Gasteiger partial charge in [0.1, 0.15) is 19.0 Å². The number of carbonyl (C=O) groups is 1. The van der Waals surface area contributed by atoms with Gasteiger partial charge in [0.2, 0.25) is 5.91 Å². The minimum atomic E-state index is -0.181. The molecule has 0 spiro atoms. The van der Waals surface area contributed by atoms with Crippen LogP contribution in [0.2, 0.25) is 0 Å². The van der Waals surface area contributed by atoms with Crippen LogP contribution >= 0.6 is 0 Å². The van der Waals surface area contributed by atoms with Crippen molar-refractivity contribution >= 4 is 11.4 Å². The maximum Gasteiger partial charge on any atom is 0.228 e. The van der Waals surface area contributed by atoms with Crippen molar-refractivity contribution in [3.63, 3.8) is 0 Å². The minimum absolute atomic E-state index is 0.0567. The van der Waals surface area contributed by atoms with Gasteiger partial charge in [0.05, 0.1) is 24.2 Å². The lowest BCUT2D eigenvalue weighted by Crippen LogP contribution is -2.33. The standard InChI is InChI=1S/C23H25N3O3/c27-23(25-15-21-24-14-18-7-3-4-10-26(18)21)22(16-5-1-2-6-16)17-8-9-19-20(13-17)29-12-11-28-19/h3-4,7-10,13-14,16,22H,1-2,5-6,11-12,15H2,(H,25,27). The van der Waals surface area contributed by atoms with E-state index in [4.69, 9.17) is 9.47 Å². The number of nitrogens with one attached hydrogen (secondary N) is 1. The predicted octanol–water partition coefficient (Wildman–Crippen LogP) is 3.70. The topological polar surface area (TPSA) is 64.9 Å². The number of nitrogens with zero attached hydrogens (tertiary/aromatic N) is 2. The molecule has 0 bridgehead atoms. The number of hydrogen-bond acceptors (Lipinski definition) is 4. The van der Waals surface area contributed by atoms with Crippen molar-refractivity contribution in [2.24, 2.45) is 5.92 Å². The molecule has 5 rings (SSSR count). The van der Waals surface area contributed by atoms with Crippen molar-refractivity contribution < 1.29 is 14.3 Å². The van der Waals surface area contributed by atoms with Gasteiger partial charge >= 0.3 is 0 Å². The van der Waals surface area contributed by atoms with Crippen LogP contribution in [-0.2, 0) is 11.3 Å². The van der Waals surface area contributed by atoms with E-state index < -0.39 is 0 Å². The van der Waals surface area contributed by atoms with Crippen molar-refractivity contribution in [3.05, 3.63) is 60.2 Å². The SMILES string of the molecule is O=C(NCc1ncc2ccccn12)C(c1ccc2c(c1)OCCO2)C1CCCC1. The van der Waals surface area contributed by atoms with Crippen LogP contribution in [0.4, 0.5) is 0 Å². The molecule has 3 heterocycles. The second kappa shape index (κ2) is 7.78. The van der Waals surface area contributed by atoms with Crippen LogP contribution in [0, 0.1) is 5.92 Å². The third-order valence-corrected chi connectivity index (χ3v) is 6.02. The zero-order chi connectivity index (χ0) is 19.6. The van der Waals surface area contributed by atoms with E-state index >= 15 is 0 Å². The number of rotatable bonds is 5. The Morgan fingerprint density at radius 1 is 1.14 bits per heavy atom.